The fourth-order valence-electron chi connectivity index (χ4n) is 3.18. The number of rotatable bonds is 4. The molecule has 3 rings (SSSR count). The maximum atomic E-state index is 5.23. The number of nitrogens with zero attached hydrogens (tertiary/aromatic N) is 2. The molecule has 0 aromatic carbocycles. The third-order valence-electron chi connectivity index (χ3n) is 4.38. The summed E-state index contributed by atoms with van der Waals surface area (Å²) in [5.41, 5.74) is 1.29. The smallest absolute Gasteiger partial charge is 0.213 e. The Morgan fingerprint density at radius 3 is 2.90 bits per heavy atom. The number of piperazine rings is 1. The van der Waals surface area contributed by atoms with Crippen molar-refractivity contribution in [1.29, 1.82) is 0 Å². The van der Waals surface area contributed by atoms with Gasteiger partial charge in [0.05, 0.1) is 12.8 Å². The minimum absolute atomic E-state index is 0.185. The maximum absolute atomic E-state index is 5.23. The summed E-state index contributed by atoms with van der Waals surface area (Å²) in [7, 11) is 1.67. The number of pyridine rings is 1. The van der Waals surface area contributed by atoms with Gasteiger partial charge in [0, 0.05) is 37.3 Å². The molecule has 1 atom stereocenters. The van der Waals surface area contributed by atoms with Gasteiger partial charge in [-0.1, -0.05) is 6.07 Å². The molecule has 1 unspecified atom stereocenters. The highest BCUT2D eigenvalue weighted by Gasteiger charge is 2.40. The molecule has 1 aromatic rings. The number of aromatic nitrogens is 1. The fourth-order valence-corrected chi connectivity index (χ4v) is 3.18. The second-order valence-electron chi connectivity index (χ2n) is 6.75. The lowest BCUT2D eigenvalue weighted by atomic mass is 9.96. The van der Waals surface area contributed by atoms with Crippen LogP contribution in [0.25, 0.3) is 0 Å². The van der Waals surface area contributed by atoms with Gasteiger partial charge in [0.2, 0.25) is 5.88 Å². The van der Waals surface area contributed by atoms with Crippen LogP contribution in [-0.4, -0.2) is 41.7 Å². The minimum atomic E-state index is 0.185. The number of hydrogen-bond acceptors (Lipinski definition) is 4. The number of nitrogens with one attached hydrogen (secondary N) is 1. The van der Waals surface area contributed by atoms with Gasteiger partial charge in [-0.15, -0.1) is 0 Å². The molecular formula is C16H25N3O. The molecule has 1 saturated carbocycles. The van der Waals surface area contributed by atoms with Crippen LogP contribution in [0.3, 0.4) is 0 Å². The van der Waals surface area contributed by atoms with Crippen LogP contribution < -0.4 is 10.1 Å². The van der Waals surface area contributed by atoms with Crippen molar-refractivity contribution >= 4 is 0 Å². The Morgan fingerprint density at radius 2 is 2.20 bits per heavy atom. The van der Waals surface area contributed by atoms with Crippen molar-refractivity contribution in [3.8, 4) is 5.88 Å². The molecule has 2 aliphatic rings. The summed E-state index contributed by atoms with van der Waals surface area (Å²) in [5, 5.41) is 3.68. The van der Waals surface area contributed by atoms with Crippen molar-refractivity contribution in [2.45, 2.75) is 44.8 Å². The summed E-state index contributed by atoms with van der Waals surface area (Å²) >= 11 is 0. The van der Waals surface area contributed by atoms with Crippen LogP contribution in [0.4, 0.5) is 0 Å². The third kappa shape index (κ3) is 3.13. The summed E-state index contributed by atoms with van der Waals surface area (Å²) in [6.45, 7) is 7.66. The van der Waals surface area contributed by atoms with Gasteiger partial charge in [-0.25, -0.2) is 4.98 Å². The molecule has 110 valence electrons. The van der Waals surface area contributed by atoms with Crippen molar-refractivity contribution in [2.75, 3.05) is 20.2 Å². The molecule has 4 nitrogen and oxygen atoms in total. The maximum Gasteiger partial charge on any atom is 0.213 e. The van der Waals surface area contributed by atoms with Gasteiger partial charge >= 0.3 is 0 Å². The molecule has 20 heavy (non-hydrogen) atoms. The topological polar surface area (TPSA) is 37.4 Å². The normalized spacial score (nSPS) is 26.4. The van der Waals surface area contributed by atoms with Crippen molar-refractivity contribution in [3.05, 3.63) is 23.9 Å². The van der Waals surface area contributed by atoms with Gasteiger partial charge in [0.15, 0.2) is 0 Å². The minimum Gasteiger partial charge on any atom is -0.481 e. The van der Waals surface area contributed by atoms with Crippen LogP contribution in [0.1, 0.15) is 32.4 Å². The largest absolute Gasteiger partial charge is 0.481 e. The standard InChI is InChI=1S/C16H25N3O/c1-16(2)11-19(14(9-17-16)12-7-8-12)10-13-5-4-6-15(18-13)20-3/h4-6,12,14,17H,7-11H2,1-3H3. The molecule has 2 fully saturated rings. The van der Waals surface area contributed by atoms with Crippen LogP contribution in [0, 0.1) is 5.92 Å². The molecule has 1 saturated heterocycles. The average Bonchev–Trinajstić information content (AvgIpc) is 3.22. The van der Waals surface area contributed by atoms with E-state index in [0.29, 0.717) is 11.9 Å². The molecule has 0 amide bonds. The molecule has 0 spiro atoms. The first-order valence-electron chi connectivity index (χ1n) is 7.56. The lowest BCUT2D eigenvalue weighted by Gasteiger charge is -2.44. The van der Waals surface area contributed by atoms with Crippen LogP contribution >= 0.6 is 0 Å². The van der Waals surface area contributed by atoms with Crippen molar-refractivity contribution in [1.82, 2.24) is 15.2 Å². The van der Waals surface area contributed by atoms with E-state index in [9.17, 15) is 0 Å². The Labute approximate surface area is 121 Å². The van der Waals surface area contributed by atoms with Gasteiger partial charge in [-0.3, -0.25) is 4.90 Å². The fraction of sp³-hybridized carbons (Fsp3) is 0.688. The van der Waals surface area contributed by atoms with Crippen molar-refractivity contribution in [2.24, 2.45) is 5.92 Å². The van der Waals surface area contributed by atoms with E-state index in [-0.39, 0.29) is 5.54 Å². The first-order chi connectivity index (χ1) is 9.57. The lowest BCUT2D eigenvalue weighted by Crippen LogP contribution is -2.61. The molecule has 2 heterocycles. The molecular weight excluding hydrogens is 250 g/mol. The van der Waals surface area contributed by atoms with Gasteiger partial charge in [-0.05, 0) is 38.7 Å². The van der Waals surface area contributed by atoms with Crippen LogP contribution in [0.15, 0.2) is 18.2 Å². The zero-order valence-electron chi connectivity index (χ0n) is 12.7. The molecule has 1 aliphatic heterocycles. The van der Waals surface area contributed by atoms with Crippen LogP contribution in [0.5, 0.6) is 5.88 Å². The zero-order valence-corrected chi connectivity index (χ0v) is 12.7. The summed E-state index contributed by atoms with van der Waals surface area (Å²) in [6, 6.07) is 6.70. The lowest BCUT2D eigenvalue weighted by molar-refractivity contribution is 0.0747. The molecule has 0 radical (unpaired) electrons. The van der Waals surface area contributed by atoms with E-state index in [2.05, 4.69) is 35.1 Å². The Morgan fingerprint density at radius 1 is 1.40 bits per heavy atom. The van der Waals surface area contributed by atoms with E-state index in [0.717, 1.165) is 31.2 Å². The molecule has 1 N–H and O–H groups in total. The Bertz CT molecular complexity index is 471. The first-order valence-corrected chi connectivity index (χ1v) is 7.56. The zero-order chi connectivity index (χ0) is 14.2. The second-order valence-corrected chi connectivity index (χ2v) is 6.75. The highest BCUT2D eigenvalue weighted by molar-refractivity contribution is 5.16. The summed E-state index contributed by atoms with van der Waals surface area (Å²) in [4.78, 5) is 7.17. The summed E-state index contributed by atoms with van der Waals surface area (Å²) in [5.74, 6) is 1.59. The van der Waals surface area contributed by atoms with Gasteiger partial charge < -0.3 is 10.1 Å². The predicted molar refractivity (Wildman–Crippen MR) is 79.8 cm³/mol. The van der Waals surface area contributed by atoms with Gasteiger partial charge in [-0.2, -0.15) is 0 Å². The molecule has 1 aliphatic carbocycles. The SMILES string of the molecule is COc1cccc(CN2CC(C)(C)NCC2C2CC2)n1. The number of methoxy groups -OCH3 is 1. The highest BCUT2D eigenvalue weighted by atomic mass is 16.5. The first kappa shape index (κ1) is 13.8. The number of hydrogen-bond donors (Lipinski definition) is 1. The molecule has 4 heteroatoms. The second kappa shape index (κ2) is 5.34. The van der Waals surface area contributed by atoms with Crippen LogP contribution in [0.2, 0.25) is 0 Å². The van der Waals surface area contributed by atoms with E-state index in [1.165, 1.54) is 12.8 Å². The van der Waals surface area contributed by atoms with Crippen molar-refractivity contribution in [3.63, 3.8) is 0 Å². The summed E-state index contributed by atoms with van der Waals surface area (Å²) in [6.07, 6.45) is 2.77. The molecule has 1 aromatic heterocycles. The van der Waals surface area contributed by atoms with Gasteiger partial charge in [0.1, 0.15) is 0 Å². The Balaban J connectivity index is 1.74. The number of ether oxygens (including phenoxy) is 1. The predicted octanol–water partition coefficient (Wildman–Crippen LogP) is 2.05. The van der Waals surface area contributed by atoms with E-state index in [1.54, 1.807) is 7.11 Å². The Hall–Kier alpha value is -1.13. The summed E-state index contributed by atoms with van der Waals surface area (Å²) < 4.78 is 5.23. The quantitative estimate of drug-likeness (QED) is 0.912. The average molecular weight is 275 g/mol. The van der Waals surface area contributed by atoms with Gasteiger partial charge in [0.25, 0.3) is 0 Å². The van der Waals surface area contributed by atoms with Crippen molar-refractivity contribution < 1.29 is 4.74 Å². The van der Waals surface area contributed by atoms with E-state index in [1.807, 2.05) is 12.1 Å². The van der Waals surface area contributed by atoms with Crippen LogP contribution in [-0.2, 0) is 6.54 Å². The van der Waals surface area contributed by atoms with E-state index < -0.39 is 0 Å². The molecule has 0 bridgehead atoms. The Kier molecular flexibility index (Phi) is 3.69. The third-order valence-corrected chi connectivity index (χ3v) is 4.38. The van der Waals surface area contributed by atoms with E-state index in [4.69, 9.17) is 4.74 Å². The monoisotopic (exact) mass is 275 g/mol. The van der Waals surface area contributed by atoms with E-state index >= 15 is 0 Å². The highest BCUT2D eigenvalue weighted by Crippen LogP contribution is 2.37.